The Labute approximate surface area is 107 Å². The van der Waals surface area contributed by atoms with Crippen LogP contribution >= 0.6 is 11.6 Å². The molecule has 3 rings (SSSR count). The molecule has 0 N–H and O–H groups in total. The monoisotopic (exact) mass is 262 g/mol. The van der Waals surface area contributed by atoms with Gasteiger partial charge in [0.05, 0.1) is 17.2 Å². The summed E-state index contributed by atoms with van der Waals surface area (Å²) in [5.41, 5.74) is 1.56. The van der Waals surface area contributed by atoms with Crippen LogP contribution in [-0.4, -0.2) is 19.5 Å². The van der Waals surface area contributed by atoms with Crippen LogP contribution in [0.2, 0.25) is 5.28 Å². The molecule has 0 aliphatic rings. The lowest BCUT2D eigenvalue weighted by Gasteiger charge is -2.06. The van der Waals surface area contributed by atoms with E-state index in [1.54, 1.807) is 11.5 Å². The Kier molecular flexibility index (Phi) is 2.48. The van der Waals surface area contributed by atoms with E-state index in [0.717, 1.165) is 17.2 Å². The first-order valence-corrected chi connectivity index (χ1v) is 5.67. The second-order valence-corrected chi connectivity index (χ2v) is 4.13. The van der Waals surface area contributed by atoms with Gasteiger partial charge in [-0.3, -0.25) is 4.57 Å². The summed E-state index contributed by atoms with van der Waals surface area (Å²) in [6.07, 6.45) is 1.05. The zero-order valence-corrected chi connectivity index (χ0v) is 10.2. The van der Waals surface area contributed by atoms with Crippen molar-refractivity contribution in [1.29, 1.82) is 0 Å². The molecule has 0 aliphatic carbocycles. The van der Waals surface area contributed by atoms with E-state index in [-0.39, 0.29) is 11.1 Å². The molecule has 6 heteroatoms. The topological polar surface area (TPSA) is 43.6 Å². The quantitative estimate of drug-likeness (QED) is 0.634. The van der Waals surface area contributed by atoms with Crippen LogP contribution in [0.4, 0.5) is 4.39 Å². The molecule has 2 heterocycles. The van der Waals surface area contributed by atoms with E-state index < -0.39 is 5.82 Å². The predicted molar refractivity (Wildman–Crippen MR) is 66.4 cm³/mol. The zero-order chi connectivity index (χ0) is 12.7. The lowest BCUT2D eigenvalue weighted by atomic mass is 10.3. The summed E-state index contributed by atoms with van der Waals surface area (Å²) in [6, 6.07) is 7.45. The van der Waals surface area contributed by atoms with Crippen molar-refractivity contribution >= 4 is 22.6 Å². The highest BCUT2D eigenvalue weighted by Crippen LogP contribution is 2.21. The number of benzene rings is 1. The number of para-hydroxylation sites is 2. The van der Waals surface area contributed by atoms with Crippen molar-refractivity contribution in [2.45, 2.75) is 6.92 Å². The van der Waals surface area contributed by atoms with E-state index in [1.807, 2.05) is 24.3 Å². The molecule has 0 saturated heterocycles. The third-order valence-corrected chi connectivity index (χ3v) is 2.82. The molecule has 0 bridgehead atoms. The molecule has 0 amide bonds. The molecular formula is C12H8ClFN4. The number of aromatic nitrogens is 4. The van der Waals surface area contributed by atoms with Crippen LogP contribution in [-0.2, 0) is 0 Å². The molecule has 0 unspecified atom stereocenters. The number of hydrogen-bond acceptors (Lipinski definition) is 3. The molecule has 0 atom stereocenters. The van der Waals surface area contributed by atoms with E-state index in [9.17, 15) is 4.39 Å². The average molecular weight is 263 g/mol. The normalized spacial score (nSPS) is 11.1. The first-order valence-electron chi connectivity index (χ1n) is 5.29. The molecular weight excluding hydrogens is 255 g/mol. The second-order valence-electron chi connectivity index (χ2n) is 3.79. The minimum absolute atomic E-state index is 0.00332. The van der Waals surface area contributed by atoms with Gasteiger partial charge in [0.15, 0.2) is 11.6 Å². The number of fused-ring (bicyclic) bond motifs is 1. The molecule has 18 heavy (non-hydrogen) atoms. The SMILES string of the molecule is Cc1nc2ccccc2n1-c1nc(Cl)ncc1F. The number of imidazole rings is 1. The number of hydrogen-bond donors (Lipinski definition) is 0. The van der Waals surface area contributed by atoms with Crippen LogP contribution in [0, 0.1) is 12.7 Å². The lowest BCUT2D eigenvalue weighted by Crippen LogP contribution is -2.04. The molecule has 0 spiro atoms. The Bertz CT molecular complexity index is 738. The van der Waals surface area contributed by atoms with Crippen molar-refractivity contribution in [3.05, 3.63) is 47.4 Å². The van der Waals surface area contributed by atoms with Crippen LogP contribution in [0.3, 0.4) is 0 Å². The van der Waals surface area contributed by atoms with E-state index >= 15 is 0 Å². The van der Waals surface area contributed by atoms with Gasteiger partial charge in [0, 0.05) is 0 Å². The maximum absolute atomic E-state index is 13.8. The summed E-state index contributed by atoms with van der Waals surface area (Å²) in [5.74, 6) is 0.219. The van der Waals surface area contributed by atoms with Gasteiger partial charge in [-0.25, -0.2) is 14.4 Å². The van der Waals surface area contributed by atoms with Gasteiger partial charge in [-0.2, -0.15) is 4.98 Å². The van der Waals surface area contributed by atoms with E-state index in [1.165, 1.54) is 0 Å². The molecule has 90 valence electrons. The molecule has 0 aliphatic heterocycles. The summed E-state index contributed by atoms with van der Waals surface area (Å²) in [4.78, 5) is 11.9. The summed E-state index contributed by atoms with van der Waals surface area (Å²) >= 11 is 5.71. The van der Waals surface area contributed by atoms with E-state index in [2.05, 4.69) is 15.0 Å². The summed E-state index contributed by atoms with van der Waals surface area (Å²) in [5, 5.41) is 0.00332. The fourth-order valence-electron chi connectivity index (χ4n) is 1.91. The number of rotatable bonds is 1. The standard InChI is InChI=1S/C12H8ClFN4/c1-7-16-9-4-2-3-5-10(9)18(7)11-8(14)6-15-12(13)17-11/h2-6H,1H3. The van der Waals surface area contributed by atoms with Crippen LogP contribution < -0.4 is 0 Å². The smallest absolute Gasteiger partial charge is 0.224 e. The van der Waals surface area contributed by atoms with Gasteiger partial charge in [0.25, 0.3) is 0 Å². The third kappa shape index (κ3) is 1.64. The number of nitrogens with zero attached hydrogens (tertiary/aromatic N) is 4. The van der Waals surface area contributed by atoms with E-state index in [0.29, 0.717) is 5.82 Å². The minimum Gasteiger partial charge on any atom is -0.278 e. The van der Waals surface area contributed by atoms with Gasteiger partial charge >= 0.3 is 0 Å². The van der Waals surface area contributed by atoms with Crippen molar-refractivity contribution in [3.8, 4) is 5.82 Å². The third-order valence-electron chi connectivity index (χ3n) is 2.64. The molecule has 2 aromatic heterocycles. The highest BCUT2D eigenvalue weighted by Gasteiger charge is 2.14. The summed E-state index contributed by atoms with van der Waals surface area (Å²) < 4.78 is 15.4. The van der Waals surface area contributed by atoms with Gasteiger partial charge in [0.2, 0.25) is 5.28 Å². The molecule has 3 aromatic rings. The van der Waals surface area contributed by atoms with Crippen LogP contribution in [0.25, 0.3) is 16.9 Å². The van der Waals surface area contributed by atoms with Gasteiger partial charge in [-0.1, -0.05) is 12.1 Å². The van der Waals surface area contributed by atoms with Crippen molar-refractivity contribution in [2.75, 3.05) is 0 Å². The Balaban J connectivity index is 2.37. The maximum Gasteiger partial charge on any atom is 0.224 e. The zero-order valence-electron chi connectivity index (χ0n) is 9.43. The molecule has 4 nitrogen and oxygen atoms in total. The van der Waals surface area contributed by atoms with Gasteiger partial charge < -0.3 is 0 Å². The first kappa shape index (κ1) is 11.1. The van der Waals surface area contributed by atoms with Gasteiger partial charge in [0.1, 0.15) is 5.82 Å². The summed E-state index contributed by atoms with van der Waals surface area (Å²) in [7, 11) is 0. The Hall–Kier alpha value is -2.01. The number of aryl methyl sites for hydroxylation is 1. The fraction of sp³-hybridized carbons (Fsp3) is 0.0833. The Morgan fingerprint density at radius 1 is 1.22 bits per heavy atom. The highest BCUT2D eigenvalue weighted by atomic mass is 35.5. The van der Waals surface area contributed by atoms with Gasteiger partial charge in [-0.15, -0.1) is 0 Å². The Morgan fingerprint density at radius 3 is 2.83 bits per heavy atom. The minimum atomic E-state index is -0.536. The van der Waals surface area contributed by atoms with Crippen molar-refractivity contribution in [1.82, 2.24) is 19.5 Å². The maximum atomic E-state index is 13.8. The molecule has 0 saturated carbocycles. The summed E-state index contributed by atoms with van der Waals surface area (Å²) in [6.45, 7) is 1.79. The first-order chi connectivity index (χ1) is 8.66. The average Bonchev–Trinajstić information content (AvgIpc) is 2.68. The highest BCUT2D eigenvalue weighted by molar-refractivity contribution is 6.28. The molecule has 0 fully saturated rings. The van der Waals surface area contributed by atoms with Crippen LogP contribution in [0.5, 0.6) is 0 Å². The Morgan fingerprint density at radius 2 is 2.00 bits per heavy atom. The molecule has 0 radical (unpaired) electrons. The van der Waals surface area contributed by atoms with Crippen LogP contribution in [0.15, 0.2) is 30.5 Å². The van der Waals surface area contributed by atoms with E-state index in [4.69, 9.17) is 11.6 Å². The van der Waals surface area contributed by atoms with Crippen LogP contribution in [0.1, 0.15) is 5.82 Å². The van der Waals surface area contributed by atoms with Crippen molar-refractivity contribution in [3.63, 3.8) is 0 Å². The fourth-order valence-corrected chi connectivity index (χ4v) is 2.04. The second kappa shape index (κ2) is 4.03. The van der Waals surface area contributed by atoms with Crippen molar-refractivity contribution < 1.29 is 4.39 Å². The predicted octanol–water partition coefficient (Wildman–Crippen LogP) is 2.92. The molecule has 1 aromatic carbocycles. The lowest BCUT2D eigenvalue weighted by molar-refractivity contribution is 0.601. The van der Waals surface area contributed by atoms with Gasteiger partial charge in [-0.05, 0) is 30.7 Å². The largest absolute Gasteiger partial charge is 0.278 e. The number of halogens is 2. The van der Waals surface area contributed by atoms with Crippen molar-refractivity contribution in [2.24, 2.45) is 0 Å².